The van der Waals surface area contributed by atoms with Crippen LogP contribution in [0.3, 0.4) is 0 Å². The molecule has 0 bridgehead atoms. The first-order valence-electron chi connectivity index (χ1n) is 6.51. The van der Waals surface area contributed by atoms with Gasteiger partial charge < -0.3 is 26.2 Å². The van der Waals surface area contributed by atoms with Crippen molar-refractivity contribution in [3.63, 3.8) is 0 Å². The molecule has 0 spiro atoms. The van der Waals surface area contributed by atoms with Crippen LogP contribution in [0.4, 0.5) is 0 Å². The van der Waals surface area contributed by atoms with Crippen LogP contribution in [0.25, 0.3) is 10.8 Å². The van der Waals surface area contributed by atoms with Crippen LogP contribution in [0.1, 0.15) is 18.5 Å². The van der Waals surface area contributed by atoms with Crippen LogP contribution in [0.15, 0.2) is 29.3 Å². The van der Waals surface area contributed by atoms with Crippen LogP contribution in [-0.2, 0) is 11.3 Å². The number of nitrogens with zero attached hydrogens (tertiary/aromatic N) is 2. The van der Waals surface area contributed by atoms with Crippen LogP contribution in [0.2, 0.25) is 0 Å². The van der Waals surface area contributed by atoms with E-state index in [0.717, 1.165) is 5.39 Å². The number of amides is 1. The number of nitrogens with two attached hydrogens (primary N) is 2. The number of aromatic hydroxyl groups is 1. The molecule has 1 aromatic carbocycles. The topological polar surface area (TPSA) is 127 Å². The Labute approximate surface area is 121 Å². The Morgan fingerprint density at radius 2 is 1.95 bits per heavy atom. The zero-order valence-electron chi connectivity index (χ0n) is 11.7. The van der Waals surface area contributed by atoms with E-state index in [-0.39, 0.29) is 25.0 Å². The van der Waals surface area contributed by atoms with Gasteiger partial charge >= 0.3 is 0 Å². The maximum Gasteiger partial charge on any atom is 0.257 e. The van der Waals surface area contributed by atoms with Gasteiger partial charge in [-0.3, -0.25) is 4.79 Å². The summed E-state index contributed by atoms with van der Waals surface area (Å²) in [7, 11) is 0. The molecule has 0 saturated heterocycles. The predicted octanol–water partition coefficient (Wildman–Crippen LogP) is 0.243. The van der Waals surface area contributed by atoms with E-state index in [1.165, 1.54) is 4.57 Å². The Kier molecular flexibility index (Phi) is 4.13. The predicted molar refractivity (Wildman–Crippen MR) is 79.9 cm³/mol. The molecule has 2 aromatic rings. The summed E-state index contributed by atoms with van der Waals surface area (Å²) in [5.41, 5.74) is 11.0. The fourth-order valence-electron chi connectivity index (χ4n) is 2.44. The number of rotatable bonds is 4. The average molecular weight is 290 g/mol. The standard InChI is InChI=1S/C14H18N4O3/c1-8(12(20)17-14(15)16)11-9-4-2-3-5-10(9)13(21)18(11)6-7-19/h2-5,8,19,21H,6-7H2,1H3,(H4,15,16,17,20). The first-order chi connectivity index (χ1) is 9.97. The second-order valence-corrected chi connectivity index (χ2v) is 4.73. The first-order valence-corrected chi connectivity index (χ1v) is 6.51. The molecule has 1 amide bonds. The Balaban J connectivity index is 2.63. The minimum atomic E-state index is -0.649. The van der Waals surface area contributed by atoms with Crippen molar-refractivity contribution >= 4 is 22.6 Å². The second-order valence-electron chi connectivity index (χ2n) is 4.73. The van der Waals surface area contributed by atoms with E-state index in [1.54, 1.807) is 25.1 Å². The molecule has 6 N–H and O–H groups in total. The highest BCUT2D eigenvalue weighted by atomic mass is 16.3. The molecule has 0 saturated carbocycles. The molecule has 0 aliphatic rings. The van der Waals surface area contributed by atoms with Gasteiger partial charge in [-0.05, 0) is 13.0 Å². The van der Waals surface area contributed by atoms with E-state index in [2.05, 4.69) is 4.99 Å². The van der Waals surface area contributed by atoms with Gasteiger partial charge in [0.25, 0.3) is 5.91 Å². The molecule has 1 unspecified atom stereocenters. The third-order valence-corrected chi connectivity index (χ3v) is 3.33. The van der Waals surface area contributed by atoms with Crippen molar-refractivity contribution in [2.24, 2.45) is 16.5 Å². The minimum absolute atomic E-state index is 0.0130. The number of aliphatic hydroxyl groups excluding tert-OH is 1. The Hall–Kier alpha value is -2.54. The molecule has 7 nitrogen and oxygen atoms in total. The number of guanidine groups is 1. The fraction of sp³-hybridized carbons (Fsp3) is 0.286. The van der Waals surface area contributed by atoms with E-state index in [1.807, 2.05) is 6.07 Å². The molecule has 0 fully saturated rings. The summed E-state index contributed by atoms with van der Waals surface area (Å²) < 4.78 is 1.51. The molecule has 0 radical (unpaired) electrons. The Bertz CT molecular complexity index is 702. The van der Waals surface area contributed by atoms with E-state index in [0.29, 0.717) is 11.1 Å². The average Bonchev–Trinajstić information content (AvgIpc) is 2.71. The second kappa shape index (κ2) is 5.84. The van der Waals surface area contributed by atoms with Crippen LogP contribution >= 0.6 is 0 Å². The Morgan fingerprint density at radius 1 is 1.33 bits per heavy atom. The SMILES string of the molecule is CC(C(=O)N=C(N)N)c1c2ccccc2c(O)n1CCO. The van der Waals surface area contributed by atoms with Crippen molar-refractivity contribution < 1.29 is 15.0 Å². The lowest BCUT2D eigenvalue weighted by molar-refractivity contribution is -0.118. The van der Waals surface area contributed by atoms with Crippen molar-refractivity contribution in [1.29, 1.82) is 0 Å². The zero-order chi connectivity index (χ0) is 15.6. The number of aliphatic hydroxyl groups is 1. The molecule has 7 heteroatoms. The van der Waals surface area contributed by atoms with Gasteiger partial charge in [-0.2, -0.15) is 4.99 Å². The minimum Gasteiger partial charge on any atom is -0.494 e. The highest BCUT2D eigenvalue weighted by Gasteiger charge is 2.25. The summed E-state index contributed by atoms with van der Waals surface area (Å²) in [5.74, 6) is -1.44. The molecule has 2 rings (SSSR count). The fourth-order valence-corrected chi connectivity index (χ4v) is 2.44. The van der Waals surface area contributed by atoms with Gasteiger partial charge in [0.05, 0.1) is 12.5 Å². The number of hydrogen-bond acceptors (Lipinski definition) is 3. The van der Waals surface area contributed by atoms with Crippen molar-refractivity contribution in [1.82, 2.24) is 4.57 Å². The molecule has 1 aromatic heterocycles. The number of benzene rings is 1. The number of hydrogen-bond donors (Lipinski definition) is 4. The number of fused-ring (bicyclic) bond motifs is 1. The number of aromatic nitrogens is 1. The zero-order valence-corrected chi connectivity index (χ0v) is 11.7. The molecule has 21 heavy (non-hydrogen) atoms. The monoisotopic (exact) mass is 290 g/mol. The molecule has 0 aliphatic carbocycles. The first kappa shape index (κ1) is 14.9. The van der Waals surface area contributed by atoms with E-state index < -0.39 is 11.8 Å². The lowest BCUT2D eigenvalue weighted by Crippen LogP contribution is -2.26. The molecular weight excluding hydrogens is 272 g/mol. The lowest BCUT2D eigenvalue weighted by atomic mass is 10.0. The van der Waals surface area contributed by atoms with Gasteiger partial charge in [-0.15, -0.1) is 0 Å². The van der Waals surface area contributed by atoms with E-state index >= 15 is 0 Å². The molecule has 0 aliphatic heterocycles. The van der Waals surface area contributed by atoms with Gasteiger partial charge in [-0.25, -0.2) is 0 Å². The lowest BCUT2D eigenvalue weighted by Gasteiger charge is -2.13. The third kappa shape index (κ3) is 2.68. The number of carbonyl (C=O) groups excluding carboxylic acids is 1. The maximum atomic E-state index is 12.1. The van der Waals surface area contributed by atoms with Gasteiger partial charge in [0, 0.05) is 23.0 Å². The van der Waals surface area contributed by atoms with E-state index in [4.69, 9.17) is 11.5 Å². The third-order valence-electron chi connectivity index (χ3n) is 3.33. The van der Waals surface area contributed by atoms with Crippen LogP contribution in [-0.4, -0.2) is 33.3 Å². The summed E-state index contributed by atoms with van der Waals surface area (Å²) in [6.45, 7) is 1.67. The smallest absolute Gasteiger partial charge is 0.257 e. The van der Waals surface area contributed by atoms with Gasteiger partial charge in [-0.1, -0.05) is 18.2 Å². The van der Waals surface area contributed by atoms with Gasteiger partial charge in [0.2, 0.25) is 0 Å². The van der Waals surface area contributed by atoms with Crippen molar-refractivity contribution in [2.45, 2.75) is 19.4 Å². The maximum absolute atomic E-state index is 12.1. The van der Waals surface area contributed by atoms with Crippen LogP contribution in [0.5, 0.6) is 5.88 Å². The summed E-state index contributed by atoms with van der Waals surface area (Å²) in [6, 6.07) is 7.15. The van der Waals surface area contributed by atoms with Gasteiger partial charge in [0.1, 0.15) is 0 Å². The molecule has 112 valence electrons. The number of aliphatic imine (C=N–C) groups is 1. The van der Waals surface area contributed by atoms with E-state index in [9.17, 15) is 15.0 Å². The Morgan fingerprint density at radius 3 is 2.52 bits per heavy atom. The highest BCUT2D eigenvalue weighted by molar-refractivity contribution is 5.99. The normalized spacial score (nSPS) is 12.3. The molecule has 1 atom stereocenters. The van der Waals surface area contributed by atoms with Crippen molar-refractivity contribution in [3.05, 3.63) is 30.0 Å². The molecular formula is C14H18N4O3. The largest absolute Gasteiger partial charge is 0.494 e. The van der Waals surface area contributed by atoms with Crippen LogP contribution in [0, 0.1) is 0 Å². The van der Waals surface area contributed by atoms with Crippen molar-refractivity contribution in [3.8, 4) is 5.88 Å². The quantitative estimate of drug-likeness (QED) is 0.474. The summed E-state index contributed by atoms with van der Waals surface area (Å²) in [4.78, 5) is 15.6. The highest BCUT2D eigenvalue weighted by Crippen LogP contribution is 2.35. The summed E-state index contributed by atoms with van der Waals surface area (Å²) >= 11 is 0. The summed E-state index contributed by atoms with van der Waals surface area (Å²) in [5, 5.41) is 20.8. The van der Waals surface area contributed by atoms with Crippen LogP contribution < -0.4 is 11.5 Å². The van der Waals surface area contributed by atoms with Crippen molar-refractivity contribution in [2.75, 3.05) is 6.61 Å². The van der Waals surface area contributed by atoms with Gasteiger partial charge in [0.15, 0.2) is 11.8 Å². The number of carbonyl (C=O) groups is 1. The molecule has 1 heterocycles. The summed E-state index contributed by atoms with van der Waals surface area (Å²) in [6.07, 6.45) is 0.